The quantitative estimate of drug-likeness (QED) is 0.457. The Kier molecular flexibility index (Phi) is 6.16. The molecular weight excluding hydrogens is 302 g/mol. The van der Waals surface area contributed by atoms with Crippen molar-refractivity contribution < 1.29 is 14.3 Å². The first-order valence-corrected chi connectivity index (χ1v) is 7.69. The van der Waals surface area contributed by atoms with E-state index in [1.807, 2.05) is 37.3 Å². The second kappa shape index (κ2) is 8.54. The number of aryl methyl sites for hydroxylation is 1. The maximum atomic E-state index is 11.6. The Morgan fingerprint density at radius 3 is 2.38 bits per heavy atom. The van der Waals surface area contributed by atoms with E-state index in [1.54, 1.807) is 31.2 Å². The molecule has 0 N–H and O–H groups in total. The summed E-state index contributed by atoms with van der Waals surface area (Å²) in [6, 6.07) is 17.2. The molecule has 24 heavy (non-hydrogen) atoms. The Hall–Kier alpha value is -3.06. The smallest absolute Gasteiger partial charge is 0.348 e. The molecule has 0 heterocycles. The van der Waals surface area contributed by atoms with Gasteiger partial charge in [0, 0.05) is 0 Å². The Bertz CT molecular complexity index is 753. The van der Waals surface area contributed by atoms with Crippen molar-refractivity contribution in [3.63, 3.8) is 0 Å². The van der Waals surface area contributed by atoms with Crippen molar-refractivity contribution in [2.24, 2.45) is 0 Å². The third-order valence-electron chi connectivity index (χ3n) is 3.33. The maximum Gasteiger partial charge on any atom is 0.348 e. The fourth-order valence-electron chi connectivity index (χ4n) is 2.02. The first-order chi connectivity index (χ1) is 11.6. The van der Waals surface area contributed by atoms with Crippen LogP contribution in [0.15, 0.2) is 54.1 Å². The van der Waals surface area contributed by atoms with Gasteiger partial charge in [-0.1, -0.05) is 42.0 Å². The van der Waals surface area contributed by atoms with Crippen LogP contribution in [0.1, 0.15) is 23.6 Å². The Morgan fingerprint density at radius 1 is 1.12 bits per heavy atom. The molecule has 2 aromatic rings. The Balaban J connectivity index is 2.01. The van der Waals surface area contributed by atoms with Crippen molar-refractivity contribution >= 4 is 12.0 Å². The van der Waals surface area contributed by atoms with Gasteiger partial charge in [0.05, 0.1) is 6.61 Å². The molecule has 0 atom stereocenters. The fraction of sp³-hybridized carbons (Fsp3) is 0.200. The van der Waals surface area contributed by atoms with Crippen molar-refractivity contribution in [2.45, 2.75) is 20.5 Å². The predicted octanol–water partition coefficient (Wildman–Crippen LogP) is 4.04. The zero-order chi connectivity index (χ0) is 17.4. The number of ether oxygens (including phenoxy) is 2. The Labute approximate surface area is 141 Å². The van der Waals surface area contributed by atoms with Crippen LogP contribution < -0.4 is 4.74 Å². The fourth-order valence-corrected chi connectivity index (χ4v) is 2.02. The number of benzene rings is 2. The molecule has 0 spiro atoms. The monoisotopic (exact) mass is 321 g/mol. The van der Waals surface area contributed by atoms with Gasteiger partial charge in [0.15, 0.2) is 0 Å². The minimum atomic E-state index is -0.611. The molecule has 0 unspecified atom stereocenters. The molecule has 0 amide bonds. The Morgan fingerprint density at radius 2 is 1.79 bits per heavy atom. The van der Waals surface area contributed by atoms with Gasteiger partial charge >= 0.3 is 5.97 Å². The van der Waals surface area contributed by atoms with Crippen LogP contribution in [0.5, 0.6) is 5.75 Å². The topological polar surface area (TPSA) is 59.3 Å². The van der Waals surface area contributed by atoms with E-state index in [0.717, 1.165) is 16.9 Å². The molecule has 0 aromatic heterocycles. The van der Waals surface area contributed by atoms with Gasteiger partial charge < -0.3 is 9.47 Å². The van der Waals surface area contributed by atoms with Gasteiger partial charge in [-0.25, -0.2) is 4.79 Å². The van der Waals surface area contributed by atoms with Crippen molar-refractivity contribution in [2.75, 3.05) is 6.61 Å². The van der Waals surface area contributed by atoms with Crippen LogP contribution in [0.2, 0.25) is 0 Å². The summed E-state index contributed by atoms with van der Waals surface area (Å²) in [7, 11) is 0. The lowest BCUT2D eigenvalue weighted by Crippen LogP contribution is -2.05. The molecule has 2 rings (SSSR count). The van der Waals surface area contributed by atoms with Gasteiger partial charge in [-0.05, 0) is 43.2 Å². The highest BCUT2D eigenvalue weighted by atomic mass is 16.5. The molecule has 0 saturated carbocycles. The summed E-state index contributed by atoms with van der Waals surface area (Å²) in [5.74, 6) is 0.113. The van der Waals surface area contributed by atoms with E-state index in [2.05, 4.69) is 0 Å². The molecule has 0 fully saturated rings. The van der Waals surface area contributed by atoms with E-state index in [4.69, 9.17) is 14.7 Å². The average Bonchev–Trinajstić information content (AvgIpc) is 2.60. The minimum absolute atomic E-state index is 0.0230. The van der Waals surface area contributed by atoms with Crippen molar-refractivity contribution in [3.05, 3.63) is 70.8 Å². The van der Waals surface area contributed by atoms with Crippen molar-refractivity contribution in [3.8, 4) is 11.8 Å². The summed E-state index contributed by atoms with van der Waals surface area (Å²) < 4.78 is 10.6. The van der Waals surface area contributed by atoms with Gasteiger partial charge in [0.25, 0.3) is 0 Å². The first-order valence-electron chi connectivity index (χ1n) is 7.69. The highest BCUT2D eigenvalue weighted by molar-refractivity contribution is 5.97. The van der Waals surface area contributed by atoms with Gasteiger partial charge in [-0.2, -0.15) is 5.26 Å². The van der Waals surface area contributed by atoms with Gasteiger partial charge in [0.2, 0.25) is 0 Å². The van der Waals surface area contributed by atoms with Crippen molar-refractivity contribution in [1.29, 1.82) is 5.26 Å². The molecule has 122 valence electrons. The number of carbonyl (C=O) groups excluding carboxylic acids is 1. The lowest BCUT2D eigenvalue weighted by atomic mass is 10.1. The van der Waals surface area contributed by atoms with Crippen LogP contribution in [0.25, 0.3) is 6.08 Å². The summed E-state index contributed by atoms with van der Waals surface area (Å²) in [5.41, 5.74) is 3.02. The number of esters is 1. The van der Waals surface area contributed by atoms with Crippen LogP contribution in [0.3, 0.4) is 0 Å². The van der Waals surface area contributed by atoms with Crippen LogP contribution in [-0.2, 0) is 16.1 Å². The molecule has 4 nitrogen and oxygen atoms in total. The summed E-state index contributed by atoms with van der Waals surface area (Å²) in [6.07, 6.45) is 1.50. The average molecular weight is 321 g/mol. The third kappa shape index (κ3) is 4.99. The summed E-state index contributed by atoms with van der Waals surface area (Å²) in [4.78, 5) is 11.6. The summed E-state index contributed by atoms with van der Waals surface area (Å²) in [5, 5.41) is 9.02. The lowest BCUT2D eigenvalue weighted by molar-refractivity contribution is -0.137. The van der Waals surface area contributed by atoms with E-state index >= 15 is 0 Å². The second-order valence-electron chi connectivity index (χ2n) is 5.23. The molecule has 0 saturated heterocycles. The number of carbonyl (C=O) groups is 1. The molecule has 2 aromatic carbocycles. The molecule has 0 aliphatic heterocycles. The molecular formula is C20H19NO3. The van der Waals surface area contributed by atoms with E-state index in [9.17, 15) is 4.79 Å². The van der Waals surface area contributed by atoms with Crippen LogP contribution >= 0.6 is 0 Å². The highest BCUT2D eigenvalue weighted by Crippen LogP contribution is 2.16. The summed E-state index contributed by atoms with van der Waals surface area (Å²) in [6.45, 7) is 4.47. The zero-order valence-corrected chi connectivity index (χ0v) is 13.8. The van der Waals surface area contributed by atoms with Gasteiger partial charge in [0.1, 0.15) is 24.0 Å². The lowest BCUT2D eigenvalue weighted by Gasteiger charge is -2.07. The zero-order valence-electron chi connectivity index (χ0n) is 13.8. The van der Waals surface area contributed by atoms with E-state index in [1.165, 1.54) is 11.6 Å². The number of nitriles is 1. The van der Waals surface area contributed by atoms with Crippen LogP contribution in [-0.4, -0.2) is 12.6 Å². The molecule has 0 radical (unpaired) electrons. The van der Waals surface area contributed by atoms with Crippen molar-refractivity contribution in [1.82, 2.24) is 0 Å². The minimum Gasteiger partial charge on any atom is -0.489 e. The number of rotatable bonds is 6. The number of hydrogen-bond donors (Lipinski definition) is 0. The molecule has 0 bridgehead atoms. The standard InChI is InChI=1S/C20H19NO3/c1-3-23-20(22)18(13-21)12-16-8-10-19(11-9-16)24-14-17-6-4-15(2)5-7-17/h4-12H,3,14H2,1-2H3/b18-12-. The van der Waals surface area contributed by atoms with Crippen LogP contribution in [0, 0.1) is 18.3 Å². The van der Waals surface area contributed by atoms with Gasteiger partial charge in [-0.3, -0.25) is 0 Å². The highest BCUT2D eigenvalue weighted by Gasteiger charge is 2.09. The number of nitrogens with zero attached hydrogens (tertiary/aromatic N) is 1. The molecule has 0 aliphatic rings. The third-order valence-corrected chi connectivity index (χ3v) is 3.33. The van der Waals surface area contributed by atoms with E-state index in [0.29, 0.717) is 6.61 Å². The van der Waals surface area contributed by atoms with Crippen LogP contribution in [0.4, 0.5) is 0 Å². The predicted molar refractivity (Wildman–Crippen MR) is 92.2 cm³/mol. The first kappa shape index (κ1) is 17.3. The largest absolute Gasteiger partial charge is 0.489 e. The van der Waals surface area contributed by atoms with Gasteiger partial charge in [-0.15, -0.1) is 0 Å². The maximum absolute atomic E-state index is 11.6. The molecule has 0 aliphatic carbocycles. The number of hydrogen-bond acceptors (Lipinski definition) is 4. The SMILES string of the molecule is CCOC(=O)/C(C#N)=C\c1ccc(OCc2ccc(C)cc2)cc1. The second-order valence-corrected chi connectivity index (χ2v) is 5.23. The normalized spacial score (nSPS) is 10.8. The van der Waals surface area contributed by atoms with E-state index in [-0.39, 0.29) is 12.2 Å². The summed E-state index contributed by atoms with van der Waals surface area (Å²) >= 11 is 0. The molecule has 4 heteroatoms. The van der Waals surface area contributed by atoms with E-state index < -0.39 is 5.97 Å².